The van der Waals surface area contributed by atoms with Gasteiger partial charge in [0.1, 0.15) is 5.70 Å². The van der Waals surface area contributed by atoms with Gasteiger partial charge in [-0.2, -0.15) is 0 Å². The van der Waals surface area contributed by atoms with Crippen molar-refractivity contribution >= 4 is 5.97 Å². The highest BCUT2D eigenvalue weighted by atomic mass is 16.5. The molecule has 3 heteroatoms. The molecule has 0 aromatic carbocycles. The third-order valence-electron chi connectivity index (χ3n) is 0.453. The molecule has 0 unspecified atom stereocenters. The van der Waals surface area contributed by atoms with E-state index in [0.29, 0.717) is 0 Å². The smallest absolute Gasteiger partial charge is 0.358 e. The van der Waals surface area contributed by atoms with E-state index in [1.165, 1.54) is 0 Å². The normalized spacial score (nSPS) is 7.50. The van der Waals surface area contributed by atoms with Crippen LogP contribution in [0.2, 0.25) is 0 Å². The Hall–Kier alpha value is -1.25. The Morgan fingerprint density at radius 2 is 2.25 bits per heavy atom. The van der Waals surface area contributed by atoms with Gasteiger partial charge in [0.05, 0.1) is 6.26 Å². The molecular weight excluding hydrogens is 106 g/mol. The quantitative estimate of drug-likeness (QED) is 0.315. The zero-order valence-electron chi connectivity index (χ0n) is 4.39. The molecule has 0 bridgehead atoms. The summed E-state index contributed by atoms with van der Waals surface area (Å²) in [6.45, 7) is 6.27. The van der Waals surface area contributed by atoms with E-state index in [9.17, 15) is 4.79 Å². The number of rotatable bonds is 2. The molecule has 0 aliphatic rings. The largest absolute Gasteiger partial charge is 0.430 e. The Kier molecular flexibility index (Phi) is 2.40. The van der Waals surface area contributed by atoms with Gasteiger partial charge in [0, 0.05) is 0 Å². The molecule has 0 radical (unpaired) electrons. The van der Waals surface area contributed by atoms with Gasteiger partial charge < -0.3 is 10.5 Å². The molecule has 0 aromatic rings. The maximum atomic E-state index is 10.2. The van der Waals surface area contributed by atoms with Gasteiger partial charge in [-0.15, -0.1) is 0 Å². The second kappa shape index (κ2) is 2.85. The van der Waals surface area contributed by atoms with Crippen molar-refractivity contribution in [1.29, 1.82) is 0 Å². The van der Waals surface area contributed by atoms with E-state index in [-0.39, 0.29) is 5.70 Å². The highest BCUT2D eigenvalue weighted by Crippen LogP contribution is 1.83. The zero-order chi connectivity index (χ0) is 6.57. The summed E-state index contributed by atoms with van der Waals surface area (Å²) in [6.07, 6.45) is 1.00. The van der Waals surface area contributed by atoms with Crippen LogP contribution in [-0.2, 0) is 9.53 Å². The number of hydrogen-bond donors (Lipinski definition) is 1. The molecule has 3 nitrogen and oxygen atoms in total. The first-order valence-corrected chi connectivity index (χ1v) is 1.94. The first-order chi connectivity index (χ1) is 3.68. The van der Waals surface area contributed by atoms with E-state index in [0.717, 1.165) is 6.26 Å². The summed E-state index contributed by atoms with van der Waals surface area (Å²) >= 11 is 0. The predicted octanol–water partition coefficient (Wildman–Crippen LogP) is 0.146. The van der Waals surface area contributed by atoms with Crippen molar-refractivity contribution in [2.75, 3.05) is 0 Å². The van der Waals surface area contributed by atoms with Crippen LogP contribution in [-0.4, -0.2) is 5.97 Å². The molecule has 0 aromatic heterocycles. The standard InChI is InChI=1S/C5H7NO2/c1-3-8-5(7)4(2)6/h3H,1-2,6H2. The fourth-order valence-electron chi connectivity index (χ4n) is 0.151. The molecule has 0 saturated carbocycles. The van der Waals surface area contributed by atoms with Gasteiger partial charge in [0.15, 0.2) is 0 Å². The Morgan fingerprint density at radius 1 is 1.75 bits per heavy atom. The molecule has 8 heavy (non-hydrogen) atoms. The Morgan fingerprint density at radius 3 is 2.38 bits per heavy atom. The van der Waals surface area contributed by atoms with Crippen LogP contribution in [0.1, 0.15) is 0 Å². The summed E-state index contributed by atoms with van der Waals surface area (Å²) in [5.74, 6) is -0.653. The topological polar surface area (TPSA) is 52.3 Å². The lowest BCUT2D eigenvalue weighted by atomic mass is 10.5. The van der Waals surface area contributed by atoms with Crippen molar-refractivity contribution in [3.63, 3.8) is 0 Å². The van der Waals surface area contributed by atoms with E-state index < -0.39 is 5.97 Å². The van der Waals surface area contributed by atoms with Gasteiger partial charge in [-0.25, -0.2) is 4.79 Å². The van der Waals surface area contributed by atoms with E-state index in [1.807, 2.05) is 0 Å². The van der Waals surface area contributed by atoms with Crippen molar-refractivity contribution in [1.82, 2.24) is 0 Å². The van der Waals surface area contributed by atoms with Gasteiger partial charge in [-0.1, -0.05) is 13.2 Å². The van der Waals surface area contributed by atoms with Gasteiger partial charge in [-0.3, -0.25) is 0 Å². The third kappa shape index (κ3) is 2.02. The fourth-order valence-corrected chi connectivity index (χ4v) is 0.151. The molecule has 0 amide bonds. The number of ether oxygens (including phenoxy) is 1. The number of hydrogen-bond acceptors (Lipinski definition) is 3. The molecular formula is C5H7NO2. The highest BCUT2D eigenvalue weighted by Gasteiger charge is 1.98. The van der Waals surface area contributed by atoms with Gasteiger partial charge >= 0.3 is 5.97 Å². The van der Waals surface area contributed by atoms with E-state index in [2.05, 4.69) is 17.9 Å². The molecule has 0 aliphatic heterocycles. The maximum Gasteiger partial charge on any atom is 0.358 e. The minimum Gasteiger partial charge on any atom is -0.430 e. The number of nitrogens with two attached hydrogens (primary N) is 1. The Bertz CT molecular complexity index is 128. The van der Waals surface area contributed by atoms with Gasteiger partial charge in [0.2, 0.25) is 0 Å². The molecule has 0 rings (SSSR count). The molecule has 0 aliphatic carbocycles. The number of carbonyl (C=O) groups is 1. The lowest BCUT2D eigenvalue weighted by Gasteiger charge is -1.92. The first kappa shape index (κ1) is 6.75. The van der Waals surface area contributed by atoms with Crippen LogP contribution in [0.3, 0.4) is 0 Å². The average Bonchev–Trinajstić information content (AvgIpc) is 1.67. The summed E-state index contributed by atoms with van der Waals surface area (Å²) in [6, 6.07) is 0. The molecule has 0 spiro atoms. The van der Waals surface area contributed by atoms with Crippen molar-refractivity contribution in [2.24, 2.45) is 5.73 Å². The van der Waals surface area contributed by atoms with E-state index >= 15 is 0 Å². The van der Waals surface area contributed by atoms with Crippen LogP contribution < -0.4 is 5.73 Å². The van der Waals surface area contributed by atoms with Crippen molar-refractivity contribution < 1.29 is 9.53 Å². The lowest BCUT2D eigenvalue weighted by molar-refractivity contribution is -0.133. The summed E-state index contributed by atoms with van der Waals surface area (Å²) in [4.78, 5) is 10.2. The van der Waals surface area contributed by atoms with Crippen molar-refractivity contribution in [3.8, 4) is 0 Å². The minimum atomic E-state index is -0.653. The molecule has 44 valence electrons. The predicted molar refractivity (Wildman–Crippen MR) is 29.6 cm³/mol. The summed E-state index contributed by atoms with van der Waals surface area (Å²) in [7, 11) is 0. The highest BCUT2D eigenvalue weighted by molar-refractivity contribution is 5.86. The molecule has 0 fully saturated rings. The van der Waals surface area contributed by atoms with Crippen LogP contribution in [0.4, 0.5) is 0 Å². The monoisotopic (exact) mass is 113 g/mol. The third-order valence-corrected chi connectivity index (χ3v) is 0.453. The van der Waals surface area contributed by atoms with Crippen LogP contribution in [0, 0.1) is 0 Å². The molecule has 0 atom stereocenters. The molecule has 2 N–H and O–H groups in total. The van der Waals surface area contributed by atoms with E-state index in [4.69, 9.17) is 5.73 Å². The maximum absolute atomic E-state index is 10.2. The van der Waals surface area contributed by atoms with Gasteiger partial charge in [-0.05, 0) is 0 Å². The van der Waals surface area contributed by atoms with E-state index in [1.54, 1.807) is 0 Å². The van der Waals surface area contributed by atoms with Crippen LogP contribution in [0.25, 0.3) is 0 Å². The fraction of sp³-hybridized carbons (Fsp3) is 0. The van der Waals surface area contributed by atoms with Crippen LogP contribution in [0.5, 0.6) is 0 Å². The summed E-state index contributed by atoms with van der Waals surface area (Å²) in [5.41, 5.74) is 4.78. The molecule has 0 heterocycles. The van der Waals surface area contributed by atoms with Crippen LogP contribution >= 0.6 is 0 Å². The van der Waals surface area contributed by atoms with Crippen LogP contribution in [0.15, 0.2) is 25.1 Å². The zero-order valence-corrected chi connectivity index (χ0v) is 4.39. The van der Waals surface area contributed by atoms with Crippen molar-refractivity contribution in [3.05, 3.63) is 25.1 Å². The second-order valence-electron chi connectivity index (χ2n) is 1.10. The van der Waals surface area contributed by atoms with Crippen molar-refractivity contribution in [2.45, 2.75) is 0 Å². The first-order valence-electron chi connectivity index (χ1n) is 1.94. The summed E-state index contributed by atoms with van der Waals surface area (Å²) < 4.78 is 4.20. The lowest BCUT2D eigenvalue weighted by Crippen LogP contribution is -2.09. The second-order valence-corrected chi connectivity index (χ2v) is 1.10. The molecule has 0 saturated heterocycles. The SMILES string of the molecule is C=COC(=O)C(=C)N. The van der Waals surface area contributed by atoms with Gasteiger partial charge in [0.25, 0.3) is 0 Å². The number of carbonyl (C=O) groups excluding carboxylic acids is 1. The Balaban J connectivity index is 3.65. The average molecular weight is 113 g/mol. The Labute approximate surface area is 47.4 Å². The number of esters is 1. The summed E-state index contributed by atoms with van der Waals surface area (Å²) in [5, 5.41) is 0. The minimum absolute atomic E-state index is 0.120.